The highest BCUT2D eigenvalue weighted by molar-refractivity contribution is 5.83. The number of primary amides is 1. The van der Waals surface area contributed by atoms with Gasteiger partial charge in [-0.05, 0) is 0 Å². The summed E-state index contributed by atoms with van der Waals surface area (Å²) in [5.41, 5.74) is 5.70. The molecule has 0 fully saturated rings. The van der Waals surface area contributed by atoms with Gasteiger partial charge in [0.2, 0.25) is 11.9 Å². The number of carbonyl (C=O) groups is 2. The first-order valence-electron chi connectivity index (χ1n) is 5.63. The molecule has 0 spiro atoms. The lowest BCUT2D eigenvalue weighted by atomic mass is 10.2. The number of carbonyl (C=O) groups excluding carboxylic acids is 1. The number of hydrogen-bond acceptors (Lipinski definition) is 6. The molecule has 0 aromatic carbocycles. The van der Waals surface area contributed by atoms with Gasteiger partial charge in [-0.2, -0.15) is 0 Å². The predicted molar refractivity (Wildman–Crippen MR) is 68.4 cm³/mol. The SMILES string of the molecule is CN(C)c1ncc(CN[C@H](CC(N)=O)C(=O)O)cn1. The third kappa shape index (κ3) is 4.88. The van der Waals surface area contributed by atoms with Crippen molar-refractivity contribution in [2.45, 2.75) is 19.0 Å². The average molecular weight is 267 g/mol. The molecule has 4 N–H and O–H groups in total. The van der Waals surface area contributed by atoms with Gasteiger partial charge in [0.1, 0.15) is 6.04 Å². The number of amides is 1. The van der Waals surface area contributed by atoms with Gasteiger partial charge in [0.15, 0.2) is 0 Å². The number of carboxylic acids is 1. The fraction of sp³-hybridized carbons (Fsp3) is 0.455. The first-order chi connectivity index (χ1) is 8.90. The largest absolute Gasteiger partial charge is 0.480 e. The molecule has 1 aromatic rings. The van der Waals surface area contributed by atoms with Gasteiger partial charge in [-0.3, -0.25) is 14.9 Å². The summed E-state index contributed by atoms with van der Waals surface area (Å²) in [5.74, 6) is -1.22. The summed E-state index contributed by atoms with van der Waals surface area (Å²) >= 11 is 0. The summed E-state index contributed by atoms with van der Waals surface area (Å²) < 4.78 is 0. The van der Waals surface area contributed by atoms with Crippen LogP contribution in [0.3, 0.4) is 0 Å². The minimum Gasteiger partial charge on any atom is -0.480 e. The van der Waals surface area contributed by atoms with E-state index in [1.165, 1.54) is 0 Å². The fourth-order valence-corrected chi connectivity index (χ4v) is 1.36. The van der Waals surface area contributed by atoms with Crippen molar-refractivity contribution in [3.05, 3.63) is 18.0 Å². The Morgan fingerprint density at radius 1 is 1.42 bits per heavy atom. The Morgan fingerprint density at radius 2 is 2.00 bits per heavy atom. The Morgan fingerprint density at radius 3 is 2.42 bits per heavy atom. The minimum atomic E-state index is -1.12. The lowest BCUT2D eigenvalue weighted by molar-refractivity contribution is -0.141. The quantitative estimate of drug-likeness (QED) is 0.577. The van der Waals surface area contributed by atoms with Gasteiger partial charge < -0.3 is 15.7 Å². The van der Waals surface area contributed by atoms with E-state index in [4.69, 9.17) is 10.8 Å². The molecule has 0 aliphatic rings. The molecule has 104 valence electrons. The van der Waals surface area contributed by atoms with E-state index in [2.05, 4.69) is 15.3 Å². The Bertz CT molecular complexity index is 446. The molecule has 0 aliphatic heterocycles. The summed E-state index contributed by atoms with van der Waals surface area (Å²) in [6, 6.07) is -1.01. The molecule has 0 saturated carbocycles. The van der Waals surface area contributed by atoms with Crippen molar-refractivity contribution >= 4 is 17.8 Å². The second-order valence-electron chi connectivity index (χ2n) is 4.23. The van der Waals surface area contributed by atoms with E-state index >= 15 is 0 Å². The number of aliphatic carboxylic acids is 1. The third-order valence-electron chi connectivity index (χ3n) is 2.35. The van der Waals surface area contributed by atoms with Crippen LogP contribution in [0.1, 0.15) is 12.0 Å². The molecule has 19 heavy (non-hydrogen) atoms. The topological polar surface area (TPSA) is 121 Å². The zero-order valence-electron chi connectivity index (χ0n) is 10.8. The first-order valence-corrected chi connectivity index (χ1v) is 5.63. The van der Waals surface area contributed by atoms with Crippen LogP contribution in [0.2, 0.25) is 0 Å². The van der Waals surface area contributed by atoms with E-state index in [0.717, 1.165) is 5.56 Å². The number of anilines is 1. The number of carboxylic acid groups (broad SMARTS) is 1. The van der Waals surface area contributed by atoms with Crippen molar-refractivity contribution in [1.82, 2.24) is 15.3 Å². The molecule has 0 aliphatic carbocycles. The molecule has 1 amide bonds. The highest BCUT2D eigenvalue weighted by Gasteiger charge is 2.19. The molecule has 8 heteroatoms. The van der Waals surface area contributed by atoms with E-state index in [9.17, 15) is 9.59 Å². The van der Waals surface area contributed by atoms with Gasteiger partial charge in [-0.1, -0.05) is 0 Å². The molecule has 1 rings (SSSR count). The van der Waals surface area contributed by atoms with Crippen molar-refractivity contribution in [3.8, 4) is 0 Å². The standard InChI is InChI=1S/C11H17N5O3/c1-16(2)11-14-5-7(6-15-11)4-13-8(10(18)19)3-9(12)17/h5-6,8,13H,3-4H2,1-2H3,(H2,12,17)(H,18,19)/t8-/m1/s1. The molecule has 0 bridgehead atoms. The van der Waals surface area contributed by atoms with Crippen LogP contribution in [0.25, 0.3) is 0 Å². The van der Waals surface area contributed by atoms with Gasteiger partial charge in [-0.15, -0.1) is 0 Å². The van der Waals surface area contributed by atoms with Crippen molar-refractivity contribution < 1.29 is 14.7 Å². The van der Waals surface area contributed by atoms with Crippen LogP contribution < -0.4 is 16.0 Å². The van der Waals surface area contributed by atoms with E-state index < -0.39 is 17.9 Å². The predicted octanol–water partition coefficient (Wildman–Crippen LogP) is -1.04. The summed E-state index contributed by atoms with van der Waals surface area (Å²) in [5, 5.41) is 11.6. The number of hydrogen-bond donors (Lipinski definition) is 3. The van der Waals surface area contributed by atoms with Crippen molar-refractivity contribution in [3.63, 3.8) is 0 Å². The van der Waals surface area contributed by atoms with E-state index in [1.54, 1.807) is 17.3 Å². The Hall–Kier alpha value is -2.22. The van der Waals surface area contributed by atoms with Crippen LogP contribution in [-0.2, 0) is 16.1 Å². The Balaban J connectivity index is 2.59. The second kappa shape index (κ2) is 6.64. The maximum atomic E-state index is 10.9. The van der Waals surface area contributed by atoms with E-state index in [0.29, 0.717) is 5.95 Å². The van der Waals surface area contributed by atoms with Crippen LogP contribution in [0.4, 0.5) is 5.95 Å². The third-order valence-corrected chi connectivity index (χ3v) is 2.35. The first kappa shape index (κ1) is 14.8. The molecular formula is C11H17N5O3. The molecule has 0 radical (unpaired) electrons. The van der Waals surface area contributed by atoms with Gasteiger partial charge in [0.05, 0.1) is 6.42 Å². The fourth-order valence-electron chi connectivity index (χ4n) is 1.36. The highest BCUT2D eigenvalue weighted by atomic mass is 16.4. The van der Waals surface area contributed by atoms with Crippen LogP contribution in [-0.4, -0.2) is 47.1 Å². The molecule has 1 heterocycles. The lowest BCUT2D eigenvalue weighted by Gasteiger charge is -2.13. The number of nitrogens with zero attached hydrogens (tertiary/aromatic N) is 3. The average Bonchev–Trinajstić information content (AvgIpc) is 2.34. The second-order valence-corrected chi connectivity index (χ2v) is 4.23. The Kier molecular flexibility index (Phi) is 5.19. The summed E-state index contributed by atoms with van der Waals surface area (Å²) in [6.45, 7) is 0.248. The van der Waals surface area contributed by atoms with E-state index in [-0.39, 0.29) is 13.0 Å². The maximum Gasteiger partial charge on any atom is 0.321 e. The summed E-state index contributed by atoms with van der Waals surface area (Å²) in [6.07, 6.45) is 2.93. The lowest BCUT2D eigenvalue weighted by Crippen LogP contribution is -2.39. The van der Waals surface area contributed by atoms with Gasteiger partial charge >= 0.3 is 5.97 Å². The molecule has 1 atom stereocenters. The maximum absolute atomic E-state index is 10.9. The van der Waals surface area contributed by atoms with Crippen molar-refractivity contribution in [2.24, 2.45) is 5.73 Å². The van der Waals surface area contributed by atoms with Crippen LogP contribution in [0, 0.1) is 0 Å². The number of nitrogens with two attached hydrogens (primary N) is 1. The van der Waals surface area contributed by atoms with Crippen LogP contribution in [0.15, 0.2) is 12.4 Å². The molecule has 0 saturated heterocycles. The summed E-state index contributed by atoms with van der Waals surface area (Å²) in [4.78, 5) is 31.6. The van der Waals surface area contributed by atoms with Crippen molar-refractivity contribution in [1.29, 1.82) is 0 Å². The molecular weight excluding hydrogens is 250 g/mol. The highest BCUT2D eigenvalue weighted by Crippen LogP contribution is 2.03. The van der Waals surface area contributed by atoms with E-state index in [1.807, 2.05) is 14.1 Å². The van der Waals surface area contributed by atoms with Crippen molar-refractivity contribution in [2.75, 3.05) is 19.0 Å². The number of aromatic nitrogens is 2. The smallest absolute Gasteiger partial charge is 0.321 e. The minimum absolute atomic E-state index is 0.248. The van der Waals surface area contributed by atoms with Crippen LogP contribution >= 0.6 is 0 Å². The van der Waals surface area contributed by atoms with Gasteiger partial charge in [0.25, 0.3) is 0 Å². The number of rotatable bonds is 7. The molecule has 1 aromatic heterocycles. The van der Waals surface area contributed by atoms with Gasteiger partial charge in [0, 0.05) is 38.6 Å². The zero-order valence-corrected chi connectivity index (χ0v) is 10.8. The van der Waals surface area contributed by atoms with Crippen LogP contribution in [0.5, 0.6) is 0 Å². The monoisotopic (exact) mass is 267 g/mol. The Labute approximate surface area is 110 Å². The normalized spacial score (nSPS) is 11.9. The number of nitrogens with one attached hydrogen (secondary N) is 1. The molecule has 8 nitrogen and oxygen atoms in total. The summed E-state index contributed by atoms with van der Waals surface area (Å²) in [7, 11) is 3.64. The zero-order chi connectivity index (χ0) is 14.4. The molecule has 0 unspecified atom stereocenters. The van der Waals surface area contributed by atoms with Gasteiger partial charge in [-0.25, -0.2) is 9.97 Å².